The van der Waals surface area contributed by atoms with Crippen molar-refractivity contribution in [2.75, 3.05) is 32.5 Å². The van der Waals surface area contributed by atoms with E-state index in [9.17, 15) is 4.79 Å². The topological polar surface area (TPSA) is 77.7 Å². The van der Waals surface area contributed by atoms with E-state index in [2.05, 4.69) is 17.1 Å². The number of nitrogens with two attached hydrogens (primary N) is 1. The number of fused-ring (bicyclic) bond motifs is 1. The number of nitrogen functional groups attached to an aromatic ring is 1. The van der Waals surface area contributed by atoms with Gasteiger partial charge >= 0.3 is 0 Å². The highest BCUT2D eigenvalue weighted by molar-refractivity contribution is 5.94. The van der Waals surface area contributed by atoms with Crippen LogP contribution < -0.4 is 10.5 Å². The lowest BCUT2D eigenvalue weighted by atomic mass is 10.0. The number of hydrogen-bond acceptors (Lipinski definition) is 5. The molecule has 2 aromatic carbocycles. The summed E-state index contributed by atoms with van der Waals surface area (Å²) < 4.78 is 11.2. The summed E-state index contributed by atoms with van der Waals surface area (Å²) in [5.41, 5.74) is 7.20. The van der Waals surface area contributed by atoms with Gasteiger partial charge < -0.3 is 20.1 Å². The van der Waals surface area contributed by atoms with E-state index in [1.807, 2.05) is 24.3 Å². The summed E-state index contributed by atoms with van der Waals surface area (Å²) in [6, 6.07) is 15.5. The molecule has 1 aliphatic rings. The fourth-order valence-electron chi connectivity index (χ4n) is 3.32. The molecule has 0 aliphatic carbocycles. The van der Waals surface area contributed by atoms with Crippen LogP contribution in [-0.2, 0) is 4.74 Å². The minimum atomic E-state index is -0.157. The maximum atomic E-state index is 12.7. The fraction of sp³-hybridized carbons (Fsp3) is 0.238. The van der Waals surface area contributed by atoms with Gasteiger partial charge in [-0.1, -0.05) is 18.2 Å². The third-order valence-electron chi connectivity index (χ3n) is 4.83. The first-order valence-corrected chi connectivity index (χ1v) is 8.84. The van der Waals surface area contributed by atoms with E-state index in [4.69, 9.17) is 15.2 Å². The van der Waals surface area contributed by atoms with Crippen molar-refractivity contribution in [3.8, 4) is 5.75 Å². The van der Waals surface area contributed by atoms with Gasteiger partial charge in [-0.25, -0.2) is 4.98 Å². The van der Waals surface area contributed by atoms with E-state index in [0.29, 0.717) is 31.1 Å². The molecule has 138 valence electrons. The van der Waals surface area contributed by atoms with Crippen LogP contribution in [0.15, 0.2) is 54.7 Å². The number of methoxy groups -OCH3 is 1. The molecule has 1 fully saturated rings. The van der Waals surface area contributed by atoms with Gasteiger partial charge in [0.2, 0.25) is 0 Å². The standard InChI is InChI=1S/C21H21N3O3/c1-26-18-6-4-14-10-16(3-2-15(14)11-18)19-13-24(8-9-27-19)21(25)17-5-7-20(22)23-12-17/h2-7,10-12,19H,8-9,13H2,1H3,(H2,22,23)/t19-/m0/s1. The van der Waals surface area contributed by atoms with Crippen LogP contribution in [0, 0.1) is 0 Å². The predicted octanol–water partition coefficient (Wildman–Crippen LogP) is 3.04. The van der Waals surface area contributed by atoms with Gasteiger partial charge in [-0.15, -0.1) is 0 Å². The minimum absolute atomic E-state index is 0.0543. The molecule has 6 heteroatoms. The number of ether oxygens (including phenoxy) is 2. The summed E-state index contributed by atoms with van der Waals surface area (Å²) >= 11 is 0. The molecule has 0 radical (unpaired) electrons. The molecule has 1 saturated heterocycles. The number of morpholine rings is 1. The Morgan fingerprint density at radius 1 is 1.19 bits per heavy atom. The average molecular weight is 363 g/mol. The number of hydrogen-bond donors (Lipinski definition) is 1. The van der Waals surface area contributed by atoms with Gasteiger partial charge in [-0.05, 0) is 46.7 Å². The lowest BCUT2D eigenvalue weighted by Gasteiger charge is -2.33. The van der Waals surface area contributed by atoms with E-state index in [1.165, 1.54) is 6.20 Å². The first kappa shape index (κ1) is 17.3. The number of pyridine rings is 1. The van der Waals surface area contributed by atoms with Gasteiger partial charge in [0, 0.05) is 12.7 Å². The van der Waals surface area contributed by atoms with Crippen LogP contribution in [0.2, 0.25) is 0 Å². The van der Waals surface area contributed by atoms with Crippen molar-refractivity contribution in [2.24, 2.45) is 0 Å². The average Bonchev–Trinajstić information content (AvgIpc) is 2.73. The number of rotatable bonds is 3. The number of benzene rings is 2. The molecule has 27 heavy (non-hydrogen) atoms. The third-order valence-corrected chi connectivity index (χ3v) is 4.83. The van der Waals surface area contributed by atoms with Gasteiger partial charge in [0.25, 0.3) is 5.91 Å². The van der Waals surface area contributed by atoms with Crippen LogP contribution in [0.5, 0.6) is 5.75 Å². The Balaban J connectivity index is 1.54. The molecular formula is C21H21N3O3. The number of carbonyl (C=O) groups excluding carboxylic acids is 1. The molecule has 1 aromatic heterocycles. The Morgan fingerprint density at radius 3 is 2.78 bits per heavy atom. The van der Waals surface area contributed by atoms with E-state index in [0.717, 1.165) is 22.1 Å². The van der Waals surface area contributed by atoms with Crippen molar-refractivity contribution >= 4 is 22.5 Å². The summed E-state index contributed by atoms with van der Waals surface area (Å²) in [7, 11) is 1.66. The van der Waals surface area contributed by atoms with Gasteiger partial charge in [0.15, 0.2) is 0 Å². The van der Waals surface area contributed by atoms with E-state index >= 15 is 0 Å². The van der Waals surface area contributed by atoms with Crippen LogP contribution in [-0.4, -0.2) is 42.6 Å². The number of amides is 1. The van der Waals surface area contributed by atoms with Gasteiger partial charge in [-0.2, -0.15) is 0 Å². The molecule has 1 amide bonds. The normalized spacial score (nSPS) is 17.1. The van der Waals surface area contributed by atoms with E-state index in [1.54, 1.807) is 24.1 Å². The quantitative estimate of drug-likeness (QED) is 0.774. The molecule has 6 nitrogen and oxygen atoms in total. The van der Waals surface area contributed by atoms with Gasteiger partial charge in [0.05, 0.1) is 25.8 Å². The second-order valence-electron chi connectivity index (χ2n) is 6.55. The molecule has 1 atom stereocenters. The monoisotopic (exact) mass is 363 g/mol. The molecule has 2 N–H and O–H groups in total. The van der Waals surface area contributed by atoms with Crippen molar-refractivity contribution in [3.63, 3.8) is 0 Å². The summed E-state index contributed by atoms with van der Waals surface area (Å²) in [6.07, 6.45) is 1.36. The van der Waals surface area contributed by atoms with Crippen LogP contribution >= 0.6 is 0 Å². The van der Waals surface area contributed by atoms with Gasteiger partial charge in [-0.3, -0.25) is 4.79 Å². The highest BCUT2D eigenvalue weighted by Crippen LogP contribution is 2.28. The van der Waals surface area contributed by atoms with Crippen molar-refractivity contribution in [2.45, 2.75) is 6.10 Å². The Kier molecular flexibility index (Phi) is 4.64. The molecule has 2 heterocycles. The Morgan fingerprint density at radius 2 is 2.00 bits per heavy atom. The maximum absolute atomic E-state index is 12.7. The number of carbonyl (C=O) groups is 1. The molecule has 0 spiro atoms. The lowest BCUT2D eigenvalue weighted by Crippen LogP contribution is -2.42. The van der Waals surface area contributed by atoms with Crippen molar-refractivity contribution < 1.29 is 14.3 Å². The second kappa shape index (κ2) is 7.25. The molecule has 0 bridgehead atoms. The zero-order valence-electron chi connectivity index (χ0n) is 15.1. The van der Waals surface area contributed by atoms with E-state index in [-0.39, 0.29) is 12.0 Å². The van der Waals surface area contributed by atoms with E-state index < -0.39 is 0 Å². The lowest BCUT2D eigenvalue weighted by molar-refractivity contribution is -0.0227. The first-order valence-electron chi connectivity index (χ1n) is 8.84. The number of nitrogens with zero attached hydrogens (tertiary/aromatic N) is 2. The Labute approximate surface area is 157 Å². The van der Waals surface area contributed by atoms with Crippen molar-refractivity contribution in [1.82, 2.24) is 9.88 Å². The highest BCUT2D eigenvalue weighted by Gasteiger charge is 2.26. The largest absolute Gasteiger partial charge is 0.497 e. The molecule has 1 aliphatic heterocycles. The SMILES string of the molecule is COc1ccc2cc([C@@H]3CN(C(=O)c4ccc(N)nc4)CCO3)ccc2c1. The molecule has 4 rings (SSSR count). The Bertz CT molecular complexity index is 972. The zero-order valence-corrected chi connectivity index (χ0v) is 15.1. The van der Waals surface area contributed by atoms with Crippen molar-refractivity contribution in [1.29, 1.82) is 0 Å². The smallest absolute Gasteiger partial charge is 0.255 e. The third kappa shape index (κ3) is 3.57. The Hall–Kier alpha value is -3.12. The van der Waals surface area contributed by atoms with Crippen LogP contribution in [0.3, 0.4) is 0 Å². The fourth-order valence-corrected chi connectivity index (χ4v) is 3.32. The predicted molar refractivity (Wildman–Crippen MR) is 104 cm³/mol. The van der Waals surface area contributed by atoms with Crippen LogP contribution in [0.25, 0.3) is 10.8 Å². The van der Waals surface area contributed by atoms with Crippen LogP contribution in [0.1, 0.15) is 22.0 Å². The molecule has 0 saturated carbocycles. The summed E-state index contributed by atoms with van der Waals surface area (Å²) in [5, 5.41) is 2.22. The zero-order chi connectivity index (χ0) is 18.8. The summed E-state index contributed by atoms with van der Waals surface area (Å²) in [4.78, 5) is 18.6. The minimum Gasteiger partial charge on any atom is -0.497 e. The second-order valence-corrected chi connectivity index (χ2v) is 6.55. The molecule has 3 aromatic rings. The summed E-state index contributed by atoms with van der Waals surface area (Å²) in [6.45, 7) is 1.56. The molecular weight excluding hydrogens is 342 g/mol. The number of anilines is 1. The molecule has 0 unspecified atom stereocenters. The van der Waals surface area contributed by atoms with Crippen molar-refractivity contribution in [3.05, 3.63) is 65.9 Å². The highest BCUT2D eigenvalue weighted by atomic mass is 16.5. The first-order chi connectivity index (χ1) is 13.1. The van der Waals surface area contributed by atoms with Crippen LogP contribution in [0.4, 0.5) is 5.82 Å². The number of aromatic nitrogens is 1. The summed E-state index contributed by atoms with van der Waals surface area (Å²) in [5.74, 6) is 1.18. The maximum Gasteiger partial charge on any atom is 0.255 e. The van der Waals surface area contributed by atoms with Gasteiger partial charge in [0.1, 0.15) is 17.7 Å².